The first-order chi connectivity index (χ1) is 14.9. The Labute approximate surface area is 181 Å². The molecule has 1 amide bonds. The lowest BCUT2D eigenvalue weighted by Gasteiger charge is -2.28. The molecule has 2 heterocycles. The molecule has 31 heavy (non-hydrogen) atoms. The van der Waals surface area contributed by atoms with Gasteiger partial charge < -0.3 is 20.1 Å². The van der Waals surface area contributed by atoms with Crippen LogP contribution in [0.4, 0.5) is 16.0 Å². The van der Waals surface area contributed by atoms with Crippen LogP contribution in [0, 0.1) is 5.82 Å². The highest BCUT2D eigenvalue weighted by Crippen LogP contribution is 2.38. The molecule has 0 saturated carbocycles. The number of methoxy groups -OCH3 is 2. The number of amides is 1. The number of tetrazole rings is 1. The maximum Gasteiger partial charge on any atom is 0.255 e. The quantitative estimate of drug-likeness (QED) is 0.621. The summed E-state index contributed by atoms with van der Waals surface area (Å²) in [6.07, 6.45) is 0. The van der Waals surface area contributed by atoms with Crippen LogP contribution in [-0.4, -0.2) is 40.3 Å². The average molecular weight is 445 g/mol. The van der Waals surface area contributed by atoms with Gasteiger partial charge in [-0.3, -0.25) is 4.79 Å². The van der Waals surface area contributed by atoms with E-state index in [4.69, 9.17) is 21.1 Å². The molecule has 1 aliphatic rings. The number of carbonyl (C=O) groups excluding carboxylic acids is 1. The Bertz CT molecular complexity index is 1180. The molecule has 0 spiro atoms. The van der Waals surface area contributed by atoms with E-state index in [9.17, 15) is 9.18 Å². The van der Waals surface area contributed by atoms with Gasteiger partial charge in [-0.1, -0.05) is 28.8 Å². The van der Waals surface area contributed by atoms with Gasteiger partial charge >= 0.3 is 0 Å². The van der Waals surface area contributed by atoms with Gasteiger partial charge in [-0.2, -0.15) is 4.68 Å². The lowest BCUT2D eigenvalue weighted by Crippen LogP contribution is -2.31. The van der Waals surface area contributed by atoms with Crippen molar-refractivity contribution < 1.29 is 18.7 Å². The summed E-state index contributed by atoms with van der Waals surface area (Å²) >= 11 is 6.16. The summed E-state index contributed by atoms with van der Waals surface area (Å²) < 4.78 is 25.6. The number of hydrogen-bond acceptors (Lipinski definition) is 7. The third-order valence-electron chi connectivity index (χ3n) is 4.87. The van der Waals surface area contributed by atoms with Crippen LogP contribution in [0.5, 0.6) is 11.5 Å². The van der Waals surface area contributed by atoms with E-state index in [1.165, 1.54) is 31.0 Å². The Kier molecular flexibility index (Phi) is 5.47. The smallest absolute Gasteiger partial charge is 0.255 e. The van der Waals surface area contributed by atoms with Crippen molar-refractivity contribution in [2.24, 2.45) is 0 Å². The van der Waals surface area contributed by atoms with Crippen LogP contribution >= 0.6 is 11.6 Å². The van der Waals surface area contributed by atoms with Crippen LogP contribution < -0.4 is 20.1 Å². The second-order valence-electron chi connectivity index (χ2n) is 6.71. The predicted octanol–water partition coefficient (Wildman–Crippen LogP) is 3.41. The monoisotopic (exact) mass is 444 g/mol. The molecule has 9 nitrogen and oxygen atoms in total. The summed E-state index contributed by atoms with van der Waals surface area (Å²) in [5, 5.41) is 17.8. The normalized spacial score (nSPS) is 15.2. The summed E-state index contributed by atoms with van der Waals surface area (Å²) in [7, 11) is 2.94. The summed E-state index contributed by atoms with van der Waals surface area (Å²) in [5.74, 6) is 0.294. The van der Waals surface area contributed by atoms with E-state index in [-0.39, 0.29) is 5.82 Å². The maximum absolute atomic E-state index is 13.5. The van der Waals surface area contributed by atoms with Gasteiger partial charge in [-0.25, -0.2) is 4.39 Å². The molecule has 1 aromatic heterocycles. The lowest BCUT2D eigenvalue weighted by molar-refractivity contribution is -0.113. The molecule has 0 bridgehead atoms. The van der Waals surface area contributed by atoms with Gasteiger partial charge in [-0.05, 0) is 35.0 Å². The fourth-order valence-corrected chi connectivity index (χ4v) is 3.64. The molecule has 2 N–H and O–H groups in total. The van der Waals surface area contributed by atoms with Gasteiger partial charge in [0.2, 0.25) is 5.95 Å². The van der Waals surface area contributed by atoms with Crippen molar-refractivity contribution in [3.05, 3.63) is 64.1 Å². The molecule has 0 saturated heterocycles. The number of benzene rings is 2. The topological polar surface area (TPSA) is 103 Å². The van der Waals surface area contributed by atoms with Gasteiger partial charge in [0.1, 0.15) is 23.4 Å². The molecule has 1 aliphatic heterocycles. The second kappa shape index (κ2) is 8.23. The van der Waals surface area contributed by atoms with Crippen LogP contribution in [0.25, 0.3) is 0 Å². The van der Waals surface area contributed by atoms with Crippen molar-refractivity contribution in [1.82, 2.24) is 20.2 Å². The number of allylic oxidation sites excluding steroid dienone is 1. The predicted molar refractivity (Wildman–Crippen MR) is 112 cm³/mol. The van der Waals surface area contributed by atoms with Crippen molar-refractivity contribution in [3.8, 4) is 11.5 Å². The van der Waals surface area contributed by atoms with Crippen LogP contribution in [0.3, 0.4) is 0 Å². The molecule has 0 aliphatic carbocycles. The zero-order valence-electron chi connectivity index (χ0n) is 16.8. The number of ether oxygens (including phenoxy) is 2. The van der Waals surface area contributed by atoms with Gasteiger partial charge in [0.25, 0.3) is 5.91 Å². The number of hydrogen-bond donors (Lipinski definition) is 2. The Hall–Kier alpha value is -3.66. The van der Waals surface area contributed by atoms with Crippen LogP contribution in [0.1, 0.15) is 18.5 Å². The number of nitrogens with one attached hydrogen (secondary N) is 2. The van der Waals surface area contributed by atoms with Gasteiger partial charge in [0.15, 0.2) is 0 Å². The number of aromatic nitrogens is 4. The van der Waals surface area contributed by atoms with Crippen molar-refractivity contribution >= 4 is 29.1 Å². The third-order valence-corrected chi connectivity index (χ3v) is 5.16. The fourth-order valence-electron chi connectivity index (χ4n) is 3.41. The Morgan fingerprint density at radius 3 is 2.58 bits per heavy atom. The minimum Gasteiger partial charge on any atom is -0.495 e. The van der Waals surface area contributed by atoms with E-state index in [0.29, 0.717) is 45.0 Å². The highest BCUT2D eigenvalue weighted by molar-refractivity contribution is 6.32. The molecular weight excluding hydrogens is 427 g/mol. The van der Waals surface area contributed by atoms with Gasteiger partial charge in [-0.15, -0.1) is 0 Å². The van der Waals surface area contributed by atoms with Gasteiger partial charge in [0.05, 0.1) is 30.5 Å². The molecule has 0 radical (unpaired) electrons. The van der Waals surface area contributed by atoms with Crippen molar-refractivity contribution in [3.63, 3.8) is 0 Å². The first-order valence-electron chi connectivity index (χ1n) is 9.17. The first kappa shape index (κ1) is 20.6. The van der Waals surface area contributed by atoms with E-state index in [0.717, 1.165) is 0 Å². The zero-order chi connectivity index (χ0) is 22.1. The molecule has 2 aromatic carbocycles. The van der Waals surface area contributed by atoms with Crippen LogP contribution in [-0.2, 0) is 4.79 Å². The van der Waals surface area contributed by atoms with Crippen LogP contribution in [0.15, 0.2) is 47.7 Å². The largest absolute Gasteiger partial charge is 0.495 e. The highest BCUT2D eigenvalue weighted by atomic mass is 35.5. The SMILES string of the molecule is COc1cc(NC(=O)C2=C(C)Nc3nnnn3[C@@H]2c2ccc(F)cc2)c(OC)cc1Cl. The molecule has 0 unspecified atom stereocenters. The van der Waals surface area contributed by atoms with Crippen molar-refractivity contribution in [1.29, 1.82) is 0 Å². The molecule has 160 valence electrons. The molecule has 4 rings (SSSR count). The number of halogens is 2. The van der Waals surface area contributed by atoms with E-state index in [2.05, 4.69) is 26.2 Å². The van der Waals surface area contributed by atoms with Crippen LogP contribution in [0.2, 0.25) is 5.02 Å². The fraction of sp³-hybridized carbons (Fsp3) is 0.200. The Balaban J connectivity index is 1.76. The molecule has 1 atom stereocenters. The third kappa shape index (κ3) is 3.77. The van der Waals surface area contributed by atoms with Crippen molar-refractivity contribution in [2.45, 2.75) is 13.0 Å². The summed E-state index contributed by atoms with van der Waals surface area (Å²) in [6.45, 7) is 1.74. The van der Waals surface area contributed by atoms with Crippen molar-refractivity contribution in [2.75, 3.05) is 24.9 Å². The summed E-state index contributed by atoms with van der Waals surface area (Å²) in [6, 6.07) is 8.26. The van der Waals surface area contributed by atoms with E-state index < -0.39 is 11.9 Å². The van der Waals surface area contributed by atoms with E-state index in [1.54, 1.807) is 31.2 Å². The number of carbonyl (C=O) groups is 1. The first-order valence-corrected chi connectivity index (χ1v) is 9.54. The van der Waals surface area contributed by atoms with E-state index in [1.807, 2.05) is 0 Å². The summed E-state index contributed by atoms with van der Waals surface area (Å²) in [5.41, 5.74) is 1.91. The highest BCUT2D eigenvalue weighted by Gasteiger charge is 2.34. The molecular formula is C20H18ClFN6O3. The lowest BCUT2D eigenvalue weighted by atomic mass is 9.95. The number of rotatable bonds is 5. The number of nitrogens with zero attached hydrogens (tertiary/aromatic N) is 4. The van der Waals surface area contributed by atoms with Gasteiger partial charge in [0, 0.05) is 17.8 Å². The maximum atomic E-state index is 13.5. The molecule has 11 heteroatoms. The number of anilines is 2. The minimum atomic E-state index is -0.674. The second-order valence-corrected chi connectivity index (χ2v) is 7.11. The Morgan fingerprint density at radius 1 is 1.19 bits per heavy atom. The molecule has 3 aromatic rings. The minimum absolute atomic E-state index is 0.342. The molecule has 0 fully saturated rings. The number of fused-ring (bicyclic) bond motifs is 1. The Morgan fingerprint density at radius 2 is 1.90 bits per heavy atom. The summed E-state index contributed by atoms with van der Waals surface area (Å²) in [4.78, 5) is 13.4. The van der Waals surface area contributed by atoms with E-state index >= 15 is 0 Å². The standard InChI is InChI=1S/C20H18ClFN6O3/c1-10-17(19(29)24-14-9-15(30-2)13(21)8-16(14)31-3)18(11-4-6-12(22)7-5-11)28-20(23-10)25-26-27-28/h4-9,18H,1-3H3,(H,24,29)(H,23,25,27)/t18-/m1/s1. The average Bonchev–Trinajstić information content (AvgIpc) is 3.22. The zero-order valence-corrected chi connectivity index (χ0v) is 17.6.